The molecular formula is C14H13FN2O5S2. The Labute approximate surface area is 140 Å². The lowest BCUT2D eigenvalue weighted by Crippen LogP contribution is -2.25. The SMILES string of the molecule is CC(O)C(=O)Nc1sc(S(=O)(=O)c2ccc(F)cc2)cc1C(N)=O. The monoisotopic (exact) mass is 372 g/mol. The molecule has 1 heterocycles. The van der Waals surface area contributed by atoms with Crippen molar-refractivity contribution in [3.63, 3.8) is 0 Å². The quantitative estimate of drug-likeness (QED) is 0.678. The Bertz CT molecular complexity index is 888. The molecule has 2 rings (SSSR count). The van der Waals surface area contributed by atoms with Gasteiger partial charge in [0.25, 0.3) is 11.8 Å². The van der Waals surface area contributed by atoms with E-state index < -0.39 is 33.6 Å². The van der Waals surface area contributed by atoms with Gasteiger partial charge in [0.15, 0.2) is 0 Å². The Morgan fingerprint density at radius 2 is 1.88 bits per heavy atom. The van der Waals surface area contributed by atoms with Crippen molar-refractivity contribution in [2.75, 3.05) is 5.32 Å². The number of halogens is 1. The number of aliphatic hydroxyl groups is 1. The zero-order valence-electron chi connectivity index (χ0n) is 12.3. The van der Waals surface area contributed by atoms with Crippen molar-refractivity contribution in [1.29, 1.82) is 0 Å². The first kappa shape index (κ1) is 18.0. The maximum absolute atomic E-state index is 12.9. The number of primary amides is 1. The Balaban J connectivity index is 2.49. The Kier molecular flexibility index (Phi) is 5.02. The number of nitrogens with one attached hydrogen (secondary N) is 1. The molecule has 0 aliphatic rings. The maximum Gasteiger partial charge on any atom is 0.253 e. The maximum atomic E-state index is 12.9. The van der Waals surface area contributed by atoms with Crippen LogP contribution in [0.2, 0.25) is 0 Å². The number of benzene rings is 1. The summed E-state index contributed by atoms with van der Waals surface area (Å²) in [5.41, 5.74) is 4.99. The van der Waals surface area contributed by atoms with E-state index in [-0.39, 0.29) is 19.7 Å². The second-order valence-electron chi connectivity index (χ2n) is 4.80. The van der Waals surface area contributed by atoms with Gasteiger partial charge in [0.1, 0.15) is 21.1 Å². The van der Waals surface area contributed by atoms with Crippen LogP contribution in [0.15, 0.2) is 39.4 Å². The fourth-order valence-corrected chi connectivity index (χ4v) is 4.50. The average Bonchev–Trinajstić information content (AvgIpc) is 2.92. The lowest BCUT2D eigenvalue weighted by molar-refractivity contribution is -0.123. The van der Waals surface area contributed by atoms with Crippen molar-refractivity contribution in [2.24, 2.45) is 5.73 Å². The number of amides is 2. The van der Waals surface area contributed by atoms with E-state index in [2.05, 4.69) is 5.32 Å². The van der Waals surface area contributed by atoms with Crippen LogP contribution in [-0.2, 0) is 14.6 Å². The standard InChI is InChI=1S/C14H13FN2O5S2/c1-7(18)13(20)17-14-10(12(16)19)6-11(23-14)24(21,22)9-4-2-8(15)3-5-9/h2-7,18H,1H3,(H2,16,19)(H,17,20). The minimum atomic E-state index is -4.02. The number of nitrogens with two attached hydrogens (primary N) is 1. The van der Waals surface area contributed by atoms with Gasteiger partial charge in [-0.05, 0) is 37.3 Å². The molecule has 24 heavy (non-hydrogen) atoms. The molecule has 0 aliphatic carbocycles. The number of carbonyl (C=O) groups excluding carboxylic acids is 2. The van der Waals surface area contributed by atoms with Crippen molar-refractivity contribution in [1.82, 2.24) is 0 Å². The van der Waals surface area contributed by atoms with Crippen LogP contribution in [0.3, 0.4) is 0 Å². The third kappa shape index (κ3) is 3.61. The molecular weight excluding hydrogens is 359 g/mol. The lowest BCUT2D eigenvalue weighted by atomic mass is 10.3. The molecule has 2 aromatic rings. The predicted octanol–water partition coefficient (Wildman–Crippen LogP) is 1.14. The second-order valence-corrected chi connectivity index (χ2v) is 8.02. The van der Waals surface area contributed by atoms with Gasteiger partial charge in [-0.1, -0.05) is 0 Å². The number of anilines is 1. The van der Waals surface area contributed by atoms with Crippen LogP contribution in [0, 0.1) is 5.82 Å². The molecule has 10 heteroatoms. The summed E-state index contributed by atoms with van der Waals surface area (Å²) in [4.78, 5) is 22.8. The van der Waals surface area contributed by atoms with Crippen LogP contribution in [0.1, 0.15) is 17.3 Å². The summed E-state index contributed by atoms with van der Waals surface area (Å²) in [5, 5.41) is 11.4. The third-order valence-corrected chi connectivity index (χ3v) is 6.27. The Hall–Kier alpha value is -2.30. The van der Waals surface area contributed by atoms with Crippen LogP contribution in [0.4, 0.5) is 9.39 Å². The fraction of sp³-hybridized carbons (Fsp3) is 0.143. The fourth-order valence-electron chi connectivity index (χ4n) is 1.72. The van der Waals surface area contributed by atoms with Crippen LogP contribution in [0.25, 0.3) is 0 Å². The van der Waals surface area contributed by atoms with Gasteiger partial charge in [0.2, 0.25) is 9.84 Å². The van der Waals surface area contributed by atoms with E-state index in [1.54, 1.807) is 0 Å². The summed E-state index contributed by atoms with van der Waals surface area (Å²) in [5.74, 6) is -2.35. The summed E-state index contributed by atoms with van der Waals surface area (Å²) in [6, 6.07) is 5.19. The highest BCUT2D eigenvalue weighted by atomic mass is 32.2. The second kappa shape index (κ2) is 6.67. The molecule has 7 nitrogen and oxygen atoms in total. The Morgan fingerprint density at radius 1 is 1.29 bits per heavy atom. The molecule has 1 atom stereocenters. The molecule has 4 N–H and O–H groups in total. The molecule has 1 aromatic heterocycles. The highest BCUT2D eigenvalue weighted by Crippen LogP contribution is 2.34. The van der Waals surface area contributed by atoms with E-state index >= 15 is 0 Å². The predicted molar refractivity (Wildman–Crippen MR) is 85.0 cm³/mol. The van der Waals surface area contributed by atoms with Crippen LogP contribution in [-0.4, -0.2) is 31.4 Å². The van der Waals surface area contributed by atoms with Gasteiger partial charge >= 0.3 is 0 Å². The summed E-state index contributed by atoms with van der Waals surface area (Å²) < 4.78 is 37.8. The molecule has 0 radical (unpaired) electrons. The zero-order chi connectivity index (χ0) is 18.1. The van der Waals surface area contributed by atoms with E-state index in [1.807, 2.05) is 0 Å². The summed E-state index contributed by atoms with van der Waals surface area (Å²) in [7, 11) is -4.02. The number of carbonyl (C=O) groups is 2. The van der Waals surface area contributed by atoms with E-state index in [4.69, 9.17) is 5.73 Å². The molecule has 0 saturated heterocycles. The molecule has 1 unspecified atom stereocenters. The van der Waals surface area contributed by atoms with Crippen molar-refractivity contribution in [3.05, 3.63) is 41.7 Å². The Morgan fingerprint density at radius 3 is 2.38 bits per heavy atom. The average molecular weight is 372 g/mol. The highest BCUT2D eigenvalue weighted by molar-refractivity contribution is 7.93. The van der Waals surface area contributed by atoms with Crippen molar-refractivity contribution >= 4 is 38.0 Å². The number of hydrogen-bond donors (Lipinski definition) is 3. The number of thiophene rings is 1. The molecule has 1 aromatic carbocycles. The minimum Gasteiger partial charge on any atom is -0.384 e. The van der Waals surface area contributed by atoms with E-state index in [1.165, 1.54) is 6.92 Å². The van der Waals surface area contributed by atoms with Gasteiger partial charge < -0.3 is 16.2 Å². The third-order valence-electron chi connectivity index (χ3n) is 2.98. The molecule has 2 amide bonds. The number of sulfone groups is 1. The molecule has 0 bridgehead atoms. The highest BCUT2D eigenvalue weighted by Gasteiger charge is 2.25. The van der Waals surface area contributed by atoms with Crippen molar-refractivity contribution in [2.45, 2.75) is 22.1 Å². The van der Waals surface area contributed by atoms with E-state index in [9.17, 15) is 27.5 Å². The zero-order valence-corrected chi connectivity index (χ0v) is 13.9. The normalized spacial score (nSPS) is 12.6. The number of aliphatic hydroxyl groups excluding tert-OH is 1. The van der Waals surface area contributed by atoms with Gasteiger partial charge in [-0.15, -0.1) is 11.3 Å². The summed E-state index contributed by atoms with van der Waals surface area (Å²) in [6.07, 6.45) is -1.36. The topological polar surface area (TPSA) is 127 Å². The van der Waals surface area contributed by atoms with Crippen LogP contribution >= 0.6 is 11.3 Å². The van der Waals surface area contributed by atoms with Crippen LogP contribution in [0.5, 0.6) is 0 Å². The summed E-state index contributed by atoms with van der Waals surface area (Å²) in [6.45, 7) is 1.21. The van der Waals surface area contributed by atoms with Gasteiger partial charge in [-0.2, -0.15) is 0 Å². The largest absolute Gasteiger partial charge is 0.384 e. The first-order valence-corrected chi connectivity index (χ1v) is 8.86. The first-order valence-electron chi connectivity index (χ1n) is 6.56. The number of rotatable bonds is 5. The van der Waals surface area contributed by atoms with Crippen molar-refractivity contribution < 1.29 is 27.5 Å². The smallest absolute Gasteiger partial charge is 0.253 e. The van der Waals surface area contributed by atoms with Gasteiger partial charge in [-0.25, -0.2) is 12.8 Å². The molecule has 128 valence electrons. The van der Waals surface area contributed by atoms with E-state index in [0.717, 1.165) is 30.3 Å². The summed E-state index contributed by atoms with van der Waals surface area (Å²) >= 11 is 0.614. The van der Waals surface area contributed by atoms with Crippen LogP contribution < -0.4 is 11.1 Å². The minimum absolute atomic E-state index is 0.0888. The first-order chi connectivity index (χ1) is 11.1. The number of hydrogen-bond acceptors (Lipinski definition) is 6. The van der Waals surface area contributed by atoms with Gasteiger partial charge in [-0.3, -0.25) is 9.59 Å². The molecule has 0 fully saturated rings. The lowest BCUT2D eigenvalue weighted by Gasteiger charge is -2.05. The molecule has 0 saturated carbocycles. The van der Waals surface area contributed by atoms with Crippen molar-refractivity contribution in [3.8, 4) is 0 Å². The van der Waals surface area contributed by atoms with E-state index in [0.29, 0.717) is 11.3 Å². The molecule has 0 spiro atoms. The van der Waals surface area contributed by atoms with Gasteiger partial charge in [0.05, 0.1) is 10.5 Å². The molecule has 0 aliphatic heterocycles. The van der Waals surface area contributed by atoms with Gasteiger partial charge in [0, 0.05) is 0 Å².